The number of sulfonamides is 1. The van der Waals surface area contributed by atoms with Crippen LogP contribution in [-0.4, -0.2) is 19.8 Å². The summed E-state index contributed by atoms with van der Waals surface area (Å²) in [5, 5.41) is 0. The summed E-state index contributed by atoms with van der Waals surface area (Å²) in [5.41, 5.74) is 7.43. The number of anilines is 1. The number of hydrogen-bond donors (Lipinski definition) is 1. The molecule has 0 spiro atoms. The predicted molar refractivity (Wildman–Crippen MR) is 81.3 cm³/mol. The van der Waals surface area contributed by atoms with Crippen molar-refractivity contribution < 1.29 is 12.8 Å². The molecule has 0 fully saturated rings. The van der Waals surface area contributed by atoms with Crippen LogP contribution in [0, 0.1) is 5.82 Å². The normalized spacial score (nSPS) is 11.8. The molecular weight excluding hydrogens is 291 g/mol. The molecule has 2 rings (SSSR count). The quantitative estimate of drug-likeness (QED) is 0.863. The lowest BCUT2D eigenvalue weighted by Crippen LogP contribution is -2.27. The standard InChI is InChI=1S/C15H17FN2O2S/c1-18(10-13-3-2-4-14(16)9-13)21(19,20)11-12-5-7-15(17)8-6-12/h2-9H,10-11,17H2,1H3. The number of rotatable bonds is 5. The highest BCUT2D eigenvalue weighted by Gasteiger charge is 2.18. The van der Waals surface area contributed by atoms with Gasteiger partial charge in [0, 0.05) is 19.3 Å². The molecule has 0 aliphatic carbocycles. The molecular formula is C15H17FN2O2S. The molecule has 0 aliphatic rings. The van der Waals surface area contributed by atoms with Gasteiger partial charge in [0.2, 0.25) is 10.0 Å². The van der Waals surface area contributed by atoms with Crippen molar-refractivity contribution in [1.82, 2.24) is 4.31 Å². The van der Waals surface area contributed by atoms with Gasteiger partial charge in [0.15, 0.2) is 0 Å². The Labute approximate surface area is 124 Å². The van der Waals surface area contributed by atoms with Crippen LogP contribution < -0.4 is 5.73 Å². The zero-order valence-electron chi connectivity index (χ0n) is 11.7. The van der Waals surface area contributed by atoms with E-state index in [2.05, 4.69) is 0 Å². The fourth-order valence-electron chi connectivity index (χ4n) is 1.93. The van der Waals surface area contributed by atoms with Crippen LogP contribution in [0.4, 0.5) is 10.1 Å². The van der Waals surface area contributed by atoms with Gasteiger partial charge in [-0.05, 0) is 35.4 Å². The molecule has 0 amide bonds. The van der Waals surface area contributed by atoms with Gasteiger partial charge < -0.3 is 5.73 Å². The first-order valence-electron chi connectivity index (χ1n) is 6.40. The average molecular weight is 308 g/mol. The van der Waals surface area contributed by atoms with E-state index < -0.39 is 10.0 Å². The van der Waals surface area contributed by atoms with Crippen molar-refractivity contribution in [2.75, 3.05) is 12.8 Å². The predicted octanol–water partition coefficient (Wildman–Crippen LogP) is 2.37. The smallest absolute Gasteiger partial charge is 0.218 e. The highest BCUT2D eigenvalue weighted by atomic mass is 32.2. The fraction of sp³-hybridized carbons (Fsp3) is 0.200. The number of hydrogen-bond acceptors (Lipinski definition) is 3. The number of nitrogen functional groups attached to an aromatic ring is 1. The maximum absolute atomic E-state index is 13.1. The van der Waals surface area contributed by atoms with Gasteiger partial charge in [-0.3, -0.25) is 0 Å². The van der Waals surface area contributed by atoms with E-state index in [1.165, 1.54) is 23.5 Å². The third kappa shape index (κ3) is 4.27. The minimum Gasteiger partial charge on any atom is -0.399 e. The van der Waals surface area contributed by atoms with E-state index in [1.807, 2.05) is 0 Å². The van der Waals surface area contributed by atoms with Gasteiger partial charge in [-0.25, -0.2) is 17.1 Å². The Bertz CT molecular complexity index is 715. The molecule has 0 radical (unpaired) electrons. The molecule has 0 saturated carbocycles. The molecule has 6 heteroatoms. The monoisotopic (exact) mass is 308 g/mol. The van der Waals surface area contributed by atoms with Crippen molar-refractivity contribution in [2.24, 2.45) is 0 Å². The molecule has 0 heterocycles. The maximum Gasteiger partial charge on any atom is 0.218 e. The SMILES string of the molecule is CN(Cc1cccc(F)c1)S(=O)(=O)Cc1ccc(N)cc1. The highest BCUT2D eigenvalue weighted by molar-refractivity contribution is 7.88. The van der Waals surface area contributed by atoms with Crippen molar-refractivity contribution in [2.45, 2.75) is 12.3 Å². The molecule has 4 nitrogen and oxygen atoms in total. The summed E-state index contributed by atoms with van der Waals surface area (Å²) in [7, 11) is -1.98. The lowest BCUT2D eigenvalue weighted by atomic mass is 10.2. The first kappa shape index (κ1) is 15.5. The number of benzene rings is 2. The van der Waals surface area contributed by atoms with Crippen LogP contribution in [-0.2, 0) is 22.3 Å². The third-order valence-corrected chi connectivity index (χ3v) is 4.87. The Balaban J connectivity index is 2.09. The average Bonchev–Trinajstić information content (AvgIpc) is 2.41. The first-order valence-corrected chi connectivity index (χ1v) is 8.00. The molecule has 0 aromatic heterocycles. The zero-order valence-corrected chi connectivity index (χ0v) is 12.5. The van der Waals surface area contributed by atoms with Crippen LogP contribution in [0.25, 0.3) is 0 Å². The lowest BCUT2D eigenvalue weighted by molar-refractivity contribution is 0.464. The topological polar surface area (TPSA) is 63.4 Å². The number of nitrogens with zero attached hydrogens (tertiary/aromatic N) is 1. The zero-order chi connectivity index (χ0) is 15.5. The molecule has 0 atom stereocenters. The van der Waals surface area contributed by atoms with Gasteiger partial charge in [0.25, 0.3) is 0 Å². The third-order valence-electron chi connectivity index (χ3n) is 3.10. The van der Waals surface area contributed by atoms with E-state index >= 15 is 0 Å². The summed E-state index contributed by atoms with van der Waals surface area (Å²) in [4.78, 5) is 0. The highest BCUT2D eigenvalue weighted by Crippen LogP contribution is 2.14. The second-order valence-electron chi connectivity index (χ2n) is 4.88. The van der Waals surface area contributed by atoms with Gasteiger partial charge in [-0.1, -0.05) is 24.3 Å². The molecule has 0 unspecified atom stereocenters. The lowest BCUT2D eigenvalue weighted by Gasteiger charge is -2.17. The molecule has 21 heavy (non-hydrogen) atoms. The molecule has 2 N–H and O–H groups in total. The molecule has 2 aromatic carbocycles. The van der Waals surface area contributed by atoms with E-state index in [9.17, 15) is 12.8 Å². The minimum atomic E-state index is -3.47. The summed E-state index contributed by atoms with van der Waals surface area (Å²) in [5.74, 6) is -0.490. The van der Waals surface area contributed by atoms with Crippen molar-refractivity contribution in [3.8, 4) is 0 Å². The van der Waals surface area contributed by atoms with E-state index in [0.29, 0.717) is 16.8 Å². The Morgan fingerprint density at radius 2 is 1.76 bits per heavy atom. The second-order valence-corrected chi connectivity index (χ2v) is 6.96. The van der Waals surface area contributed by atoms with Crippen LogP contribution in [0.15, 0.2) is 48.5 Å². The van der Waals surface area contributed by atoms with E-state index in [1.54, 1.807) is 36.4 Å². The van der Waals surface area contributed by atoms with E-state index in [4.69, 9.17) is 5.73 Å². The Hall–Kier alpha value is -1.92. The summed E-state index contributed by atoms with van der Waals surface area (Å²) in [6, 6.07) is 12.6. The van der Waals surface area contributed by atoms with Crippen molar-refractivity contribution >= 4 is 15.7 Å². The largest absolute Gasteiger partial charge is 0.399 e. The van der Waals surface area contributed by atoms with Crippen molar-refractivity contribution in [3.05, 3.63) is 65.5 Å². The van der Waals surface area contributed by atoms with E-state index in [0.717, 1.165) is 0 Å². The first-order chi connectivity index (χ1) is 9.87. The van der Waals surface area contributed by atoms with Gasteiger partial charge in [0.05, 0.1) is 5.75 Å². The van der Waals surface area contributed by atoms with Crippen LogP contribution in [0.1, 0.15) is 11.1 Å². The van der Waals surface area contributed by atoms with Crippen molar-refractivity contribution in [1.29, 1.82) is 0 Å². The molecule has 112 valence electrons. The summed E-state index contributed by atoms with van der Waals surface area (Å²) in [6.45, 7) is 0.134. The molecule has 0 bridgehead atoms. The molecule has 0 aliphatic heterocycles. The van der Waals surface area contributed by atoms with Gasteiger partial charge in [-0.15, -0.1) is 0 Å². The summed E-state index contributed by atoms with van der Waals surface area (Å²) >= 11 is 0. The minimum absolute atomic E-state index is 0.112. The molecule has 2 aromatic rings. The molecule has 0 saturated heterocycles. The van der Waals surface area contributed by atoms with Crippen LogP contribution >= 0.6 is 0 Å². The fourth-order valence-corrected chi connectivity index (χ4v) is 3.11. The maximum atomic E-state index is 13.1. The Morgan fingerprint density at radius 3 is 2.38 bits per heavy atom. The van der Waals surface area contributed by atoms with Gasteiger partial charge in [0.1, 0.15) is 5.82 Å². The van der Waals surface area contributed by atoms with Gasteiger partial charge >= 0.3 is 0 Å². The Kier molecular flexibility index (Phi) is 4.59. The van der Waals surface area contributed by atoms with Crippen molar-refractivity contribution in [3.63, 3.8) is 0 Å². The number of nitrogens with two attached hydrogens (primary N) is 1. The summed E-state index contributed by atoms with van der Waals surface area (Å²) in [6.07, 6.45) is 0. The van der Waals surface area contributed by atoms with E-state index in [-0.39, 0.29) is 18.1 Å². The van der Waals surface area contributed by atoms with Crippen LogP contribution in [0.2, 0.25) is 0 Å². The summed E-state index contributed by atoms with van der Waals surface area (Å²) < 4.78 is 38.9. The van der Waals surface area contributed by atoms with Crippen LogP contribution in [0.5, 0.6) is 0 Å². The number of halogens is 1. The van der Waals surface area contributed by atoms with Crippen LogP contribution in [0.3, 0.4) is 0 Å². The second kappa shape index (κ2) is 6.24. The Morgan fingerprint density at radius 1 is 1.10 bits per heavy atom. The van der Waals surface area contributed by atoms with Gasteiger partial charge in [-0.2, -0.15) is 0 Å².